The molecular weight excluding hydrogens is 258 g/mol. The van der Waals surface area contributed by atoms with Gasteiger partial charge in [0.2, 0.25) is 5.91 Å². The smallest absolute Gasteiger partial charge is 0.244 e. The van der Waals surface area contributed by atoms with Crippen LogP contribution in [0.3, 0.4) is 0 Å². The zero-order valence-electron chi connectivity index (χ0n) is 11.8. The van der Waals surface area contributed by atoms with Gasteiger partial charge in [-0.2, -0.15) is 0 Å². The number of carbonyl (C=O) groups is 1. The first kappa shape index (κ1) is 16.2. The number of rotatable bonds is 8. The van der Waals surface area contributed by atoms with E-state index in [0.29, 0.717) is 18.8 Å². The Bertz CT molecular complexity index is 439. The Labute approximate surface area is 119 Å². The van der Waals surface area contributed by atoms with Crippen molar-refractivity contribution in [2.45, 2.75) is 12.5 Å². The monoisotopic (exact) mass is 279 g/mol. The SMILES string of the molecule is COCC(CCO)NC(=O)/C=C/c1ccccc1OC. The van der Waals surface area contributed by atoms with Crippen molar-refractivity contribution in [2.24, 2.45) is 0 Å². The molecule has 2 N–H and O–H groups in total. The van der Waals surface area contributed by atoms with Crippen LogP contribution >= 0.6 is 0 Å². The minimum Gasteiger partial charge on any atom is -0.496 e. The van der Waals surface area contributed by atoms with Crippen LogP contribution < -0.4 is 10.1 Å². The van der Waals surface area contributed by atoms with Crippen molar-refractivity contribution in [1.29, 1.82) is 0 Å². The van der Waals surface area contributed by atoms with Gasteiger partial charge in [0.1, 0.15) is 5.75 Å². The van der Waals surface area contributed by atoms with E-state index in [1.54, 1.807) is 20.3 Å². The molecule has 5 heteroatoms. The first-order chi connectivity index (χ1) is 9.71. The summed E-state index contributed by atoms with van der Waals surface area (Å²) in [4.78, 5) is 11.8. The number of aliphatic hydroxyl groups excluding tert-OH is 1. The van der Waals surface area contributed by atoms with Gasteiger partial charge in [-0.25, -0.2) is 0 Å². The van der Waals surface area contributed by atoms with Gasteiger partial charge in [0, 0.05) is 25.4 Å². The third kappa shape index (κ3) is 5.42. The largest absolute Gasteiger partial charge is 0.496 e. The van der Waals surface area contributed by atoms with Crippen molar-refractivity contribution in [2.75, 3.05) is 27.4 Å². The van der Waals surface area contributed by atoms with E-state index in [9.17, 15) is 4.79 Å². The highest BCUT2D eigenvalue weighted by Crippen LogP contribution is 2.18. The summed E-state index contributed by atoms with van der Waals surface area (Å²) >= 11 is 0. The van der Waals surface area contributed by atoms with E-state index in [1.165, 1.54) is 6.08 Å². The predicted molar refractivity (Wildman–Crippen MR) is 77.5 cm³/mol. The molecule has 1 rings (SSSR count). The van der Waals surface area contributed by atoms with Crippen molar-refractivity contribution < 1.29 is 19.4 Å². The normalized spacial score (nSPS) is 12.3. The van der Waals surface area contributed by atoms with Gasteiger partial charge in [-0.3, -0.25) is 4.79 Å². The Morgan fingerprint density at radius 3 is 2.80 bits per heavy atom. The molecule has 1 aromatic rings. The lowest BCUT2D eigenvalue weighted by Crippen LogP contribution is -2.37. The van der Waals surface area contributed by atoms with Crippen LogP contribution in [-0.2, 0) is 9.53 Å². The molecule has 1 atom stereocenters. The summed E-state index contributed by atoms with van der Waals surface area (Å²) in [5, 5.41) is 11.7. The minimum absolute atomic E-state index is 0.00449. The molecule has 0 radical (unpaired) electrons. The summed E-state index contributed by atoms with van der Waals surface area (Å²) in [6, 6.07) is 7.24. The third-order valence-electron chi connectivity index (χ3n) is 2.74. The third-order valence-corrected chi connectivity index (χ3v) is 2.74. The molecule has 110 valence electrons. The van der Waals surface area contributed by atoms with Gasteiger partial charge >= 0.3 is 0 Å². The van der Waals surface area contributed by atoms with Gasteiger partial charge in [-0.15, -0.1) is 0 Å². The molecule has 5 nitrogen and oxygen atoms in total. The fourth-order valence-corrected chi connectivity index (χ4v) is 1.77. The molecule has 0 heterocycles. The second-order valence-corrected chi connectivity index (χ2v) is 4.25. The number of carbonyl (C=O) groups excluding carboxylic acids is 1. The lowest BCUT2D eigenvalue weighted by Gasteiger charge is -2.15. The fraction of sp³-hybridized carbons (Fsp3) is 0.400. The van der Waals surface area contributed by atoms with E-state index in [1.807, 2.05) is 24.3 Å². The lowest BCUT2D eigenvalue weighted by molar-refractivity contribution is -0.117. The zero-order valence-corrected chi connectivity index (χ0v) is 11.8. The number of hydrogen-bond donors (Lipinski definition) is 2. The summed E-state index contributed by atoms with van der Waals surface area (Å²) < 4.78 is 10.2. The fourth-order valence-electron chi connectivity index (χ4n) is 1.77. The Balaban J connectivity index is 2.62. The molecule has 1 amide bonds. The topological polar surface area (TPSA) is 67.8 Å². The van der Waals surface area contributed by atoms with Crippen LogP contribution in [0.5, 0.6) is 5.75 Å². The molecule has 0 aliphatic carbocycles. The number of ether oxygens (including phenoxy) is 2. The number of methoxy groups -OCH3 is 2. The highest BCUT2D eigenvalue weighted by molar-refractivity contribution is 5.92. The molecule has 0 aliphatic rings. The number of nitrogens with one attached hydrogen (secondary N) is 1. The molecule has 0 saturated heterocycles. The number of benzene rings is 1. The quantitative estimate of drug-likeness (QED) is 0.702. The highest BCUT2D eigenvalue weighted by Gasteiger charge is 2.09. The van der Waals surface area contributed by atoms with E-state index < -0.39 is 0 Å². The summed E-state index contributed by atoms with van der Waals surface area (Å²) in [5.41, 5.74) is 0.829. The molecule has 0 bridgehead atoms. The van der Waals surface area contributed by atoms with Crippen LogP contribution in [-0.4, -0.2) is 44.5 Å². The first-order valence-corrected chi connectivity index (χ1v) is 6.42. The van der Waals surface area contributed by atoms with Gasteiger partial charge in [0.05, 0.1) is 19.8 Å². The maximum absolute atomic E-state index is 11.8. The van der Waals surface area contributed by atoms with Gasteiger partial charge in [-0.1, -0.05) is 18.2 Å². The van der Waals surface area contributed by atoms with Gasteiger partial charge in [0.15, 0.2) is 0 Å². The predicted octanol–water partition coefficient (Wildman–Crippen LogP) is 1.22. The number of hydrogen-bond acceptors (Lipinski definition) is 4. The van der Waals surface area contributed by atoms with Crippen LogP contribution in [0.1, 0.15) is 12.0 Å². The van der Waals surface area contributed by atoms with Gasteiger partial charge in [0.25, 0.3) is 0 Å². The maximum Gasteiger partial charge on any atom is 0.244 e. The van der Waals surface area contributed by atoms with E-state index in [4.69, 9.17) is 14.6 Å². The molecule has 0 fully saturated rings. The van der Waals surface area contributed by atoms with E-state index in [0.717, 1.165) is 5.56 Å². The molecular formula is C15H21NO4. The summed E-state index contributed by atoms with van der Waals surface area (Å²) in [6.07, 6.45) is 3.59. The maximum atomic E-state index is 11.8. The van der Waals surface area contributed by atoms with E-state index >= 15 is 0 Å². The Hall–Kier alpha value is -1.85. The summed E-state index contributed by atoms with van der Waals surface area (Å²) in [7, 11) is 3.14. The van der Waals surface area contributed by atoms with Gasteiger partial charge < -0.3 is 19.9 Å². The Kier molecular flexibility index (Phi) is 7.39. The molecule has 0 aromatic heterocycles. The van der Waals surface area contributed by atoms with Crippen LogP contribution in [0.25, 0.3) is 6.08 Å². The van der Waals surface area contributed by atoms with Crippen molar-refractivity contribution in [3.05, 3.63) is 35.9 Å². The van der Waals surface area contributed by atoms with E-state index in [-0.39, 0.29) is 18.6 Å². The lowest BCUT2D eigenvalue weighted by atomic mass is 10.2. The Morgan fingerprint density at radius 2 is 2.15 bits per heavy atom. The van der Waals surface area contributed by atoms with Crippen molar-refractivity contribution in [1.82, 2.24) is 5.32 Å². The minimum atomic E-state index is -0.230. The van der Waals surface area contributed by atoms with Crippen LogP contribution in [0, 0.1) is 0 Å². The zero-order chi connectivity index (χ0) is 14.8. The number of aliphatic hydroxyl groups is 1. The average molecular weight is 279 g/mol. The second kappa shape index (κ2) is 9.12. The highest BCUT2D eigenvalue weighted by atomic mass is 16.5. The molecule has 0 aliphatic heterocycles. The first-order valence-electron chi connectivity index (χ1n) is 6.42. The average Bonchev–Trinajstić information content (AvgIpc) is 2.46. The van der Waals surface area contributed by atoms with E-state index in [2.05, 4.69) is 5.32 Å². The molecule has 1 unspecified atom stereocenters. The van der Waals surface area contributed by atoms with Crippen LogP contribution in [0.2, 0.25) is 0 Å². The van der Waals surface area contributed by atoms with Crippen molar-refractivity contribution in [3.63, 3.8) is 0 Å². The van der Waals surface area contributed by atoms with Crippen LogP contribution in [0.15, 0.2) is 30.3 Å². The van der Waals surface area contributed by atoms with Gasteiger partial charge in [-0.05, 0) is 18.6 Å². The molecule has 0 spiro atoms. The molecule has 0 saturated carbocycles. The second-order valence-electron chi connectivity index (χ2n) is 4.25. The standard InChI is InChI=1S/C15H21NO4/c1-19-11-13(9-10-17)16-15(18)8-7-12-5-3-4-6-14(12)20-2/h3-8,13,17H,9-11H2,1-2H3,(H,16,18)/b8-7+. The molecule has 20 heavy (non-hydrogen) atoms. The van der Waals surface area contributed by atoms with Crippen molar-refractivity contribution >= 4 is 12.0 Å². The summed E-state index contributed by atoms with van der Waals surface area (Å²) in [5.74, 6) is 0.478. The molecule has 1 aromatic carbocycles. The van der Waals surface area contributed by atoms with Crippen LogP contribution in [0.4, 0.5) is 0 Å². The van der Waals surface area contributed by atoms with Crippen molar-refractivity contribution in [3.8, 4) is 5.75 Å². The summed E-state index contributed by atoms with van der Waals surface area (Å²) in [6.45, 7) is 0.374. The number of para-hydroxylation sites is 1. The Morgan fingerprint density at radius 1 is 1.40 bits per heavy atom. The number of amides is 1.